The monoisotopic (exact) mass is 459 g/mol. The molecule has 0 radical (unpaired) electrons. The molecule has 2 aliphatic rings. The number of ether oxygens (including phenoxy) is 1. The molecule has 3 heterocycles. The van der Waals surface area contributed by atoms with Crippen molar-refractivity contribution in [3.63, 3.8) is 0 Å². The first kappa shape index (κ1) is 22.0. The highest BCUT2D eigenvalue weighted by atomic mass is 16.5. The number of fused-ring (bicyclic) bond motifs is 1. The molecule has 0 aliphatic carbocycles. The minimum atomic E-state index is -0.0605. The lowest BCUT2D eigenvalue weighted by molar-refractivity contribution is -0.131. The Labute approximate surface area is 199 Å². The van der Waals surface area contributed by atoms with E-state index in [0.717, 1.165) is 35.7 Å². The van der Waals surface area contributed by atoms with Crippen LogP contribution in [-0.2, 0) is 24.2 Å². The highest BCUT2D eigenvalue weighted by molar-refractivity contribution is 5.94. The van der Waals surface area contributed by atoms with Crippen LogP contribution < -0.4 is 9.64 Å². The van der Waals surface area contributed by atoms with Crippen molar-refractivity contribution < 1.29 is 14.3 Å². The number of nitrogens with zero attached hydrogens (tertiary/aromatic N) is 4. The fourth-order valence-electron chi connectivity index (χ4n) is 4.67. The number of methoxy groups -OCH3 is 1. The van der Waals surface area contributed by atoms with Gasteiger partial charge >= 0.3 is 0 Å². The second kappa shape index (κ2) is 9.59. The Morgan fingerprint density at radius 1 is 0.941 bits per heavy atom. The number of anilines is 1. The first-order valence-corrected chi connectivity index (χ1v) is 11.7. The predicted molar refractivity (Wildman–Crippen MR) is 129 cm³/mol. The van der Waals surface area contributed by atoms with E-state index in [1.165, 1.54) is 5.69 Å². The van der Waals surface area contributed by atoms with Crippen molar-refractivity contribution in [3.8, 4) is 5.75 Å². The normalized spacial score (nSPS) is 15.7. The molecule has 0 spiro atoms. The number of para-hydroxylation sites is 1. The van der Waals surface area contributed by atoms with Gasteiger partial charge in [-0.15, -0.1) is 0 Å². The number of aromatic amines is 1. The van der Waals surface area contributed by atoms with Crippen LogP contribution in [0.4, 0.5) is 5.69 Å². The van der Waals surface area contributed by atoms with Gasteiger partial charge in [-0.05, 0) is 29.8 Å². The number of carbonyl (C=O) groups excluding carboxylic acids is 2. The molecule has 1 N–H and O–H groups in total. The molecule has 0 unspecified atom stereocenters. The van der Waals surface area contributed by atoms with E-state index >= 15 is 0 Å². The molecule has 0 atom stereocenters. The first-order chi connectivity index (χ1) is 16.6. The molecule has 1 aromatic heterocycles. The maximum atomic E-state index is 13.3. The van der Waals surface area contributed by atoms with E-state index in [1.54, 1.807) is 7.11 Å². The summed E-state index contributed by atoms with van der Waals surface area (Å²) in [5, 5.41) is 7.41. The molecule has 5 rings (SSSR count). The van der Waals surface area contributed by atoms with Crippen molar-refractivity contribution in [1.29, 1.82) is 0 Å². The van der Waals surface area contributed by atoms with E-state index in [-0.39, 0.29) is 11.8 Å². The summed E-state index contributed by atoms with van der Waals surface area (Å²) in [6.07, 6.45) is 0.994. The quantitative estimate of drug-likeness (QED) is 0.634. The van der Waals surface area contributed by atoms with Crippen molar-refractivity contribution in [1.82, 2.24) is 20.0 Å². The van der Waals surface area contributed by atoms with Crippen LogP contribution in [0, 0.1) is 0 Å². The van der Waals surface area contributed by atoms with Gasteiger partial charge in [-0.2, -0.15) is 5.10 Å². The fraction of sp³-hybridized carbons (Fsp3) is 0.346. The maximum Gasteiger partial charge on any atom is 0.274 e. The summed E-state index contributed by atoms with van der Waals surface area (Å²) >= 11 is 0. The third-order valence-corrected chi connectivity index (χ3v) is 6.69. The summed E-state index contributed by atoms with van der Waals surface area (Å²) in [6, 6.07) is 17.8. The zero-order chi connectivity index (χ0) is 23.5. The van der Waals surface area contributed by atoms with Crippen LogP contribution in [0.1, 0.15) is 27.3 Å². The van der Waals surface area contributed by atoms with Gasteiger partial charge in [0.2, 0.25) is 5.91 Å². The third kappa shape index (κ3) is 4.48. The van der Waals surface area contributed by atoms with Gasteiger partial charge in [-0.25, -0.2) is 0 Å². The van der Waals surface area contributed by atoms with Crippen LogP contribution in [0.2, 0.25) is 0 Å². The Balaban J connectivity index is 1.23. The number of aromatic nitrogens is 2. The molecule has 2 aliphatic heterocycles. The molecule has 2 amide bonds. The lowest BCUT2D eigenvalue weighted by Gasteiger charge is -2.36. The second-order valence-corrected chi connectivity index (χ2v) is 8.73. The van der Waals surface area contributed by atoms with Gasteiger partial charge in [0.15, 0.2) is 5.69 Å². The third-order valence-electron chi connectivity index (χ3n) is 6.69. The number of nitrogens with one attached hydrogen (secondary N) is 1. The van der Waals surface area contributed by atoms with Crippen LogP contribution in [0.3, 0.4) is 0 Å². The van der Waals surface area contributed by atoms with Gasteiger partial charge in [0, 0.05) is 62.6 Å². The van der Waals surface area contributed by atoms with Crippen molar-refractivity contribution in [2.75, 3.05) is 44.7 Å². The highest BCUT2D eigenvalue weighted by Crippen LogP contribution is 2.24. The van der Waals surface area contributed by atoms with Gasteiger partial charge in [0.25, 0.3) is 5.91 Å². The number of carbonyl (C=O) groups is 2. The maximum absolute atomic E-state index is 13.3. The van der Waals surface area contributed by atoms with Crippen LogP contribution in [0.5, 0.6) is 5.75 Å². The smallest absolute Gasteiger partial charge is 0.274 e. The molecule has 0 saturated carbocycles. The zero-order valence-corrected chi connectivity index (χ0v) is 19.4. The number of rotatable bonds is 5. The number of hydrogen-bond acceptors (Lipinski definition) is 5. The Morgan fingerprint density at radius 2 is 1.68 bits per heavy atom. The van der Waals surface area contributed by atoms with Gasteiger partial charge in [0.05, 0.1) is 13.5 Å². The molecule has 34 heavy (non-hydrogen) atoms. The SMILES string of the molecule is COc1ccc(CC(=O)N2CCc3[nH]nc(C(=O)N4CCN(c5ccccc5)CC4)c3C2)cc1. The molecular weight excluding hydrogens is 430 g/mol. The average Bonchev–Trinajstić information content (AvgIpc) is 3.32. The summed E-state index contributed by atoms with van der Waals surface area (Å²) in [5.41, 5.74) is 4.38. The van der Waals surface area contributed by atoms with E-state index in [4.69, 9.17) is 4.74 Å². The molecule has 176 valence electrons. The van der Waals surface area contributed by atoms with E-state index in [0.29, 0.717) is 44.7 Å². The number of benzene rings is 2. The van der Waals surface area contributed by atoms with Crippen molar-refractivity contribution in [3.05, 3.63) is 77.1 Å². The molecule has 8 nitrogen and oxygen atoms in total. The number of amides is 2. The molecule has 2 aromatic carbocycles. The highest BCUT2D eigenvalue weighted by Gasteiger charge is 2.31. The van der Waals surface area contributed by atoms with Gasteiger partial charge in [0.1, 0.15) is 5.75 Å². The Kier molecular flexibility index (Phi) is 6.20. The van der Waals surface area contributed by atoms with E-state index in [2.05, 4.69) is 27.2 Å². The Hall–Kier alpha value is -3.81. The summed E-state index contributed by atoms with van der Waals surface area (Å²) in [5.74, 6) is 0.756. The Bertz CT molecular complexity index is 1150. The summed E-state index contributed by atoms with van der Waals surface area (Å²) in [6.45, 7) is 3.90. The Morgan fingerprint density at radius 3 is 2.38 bits per heavy atom. The topological polar surface area (TPSA) is 81.8 Å². The van der Waals surface area contributed by atoms with Crippen LogP contribution in [0.15, 0.2) is 54.6 Å². The second-order valence-electron chi connectivity index (χ2n) is 8.73. The average molecular weight is 460 g/mol. The van der Waals surface area contributed by atoms with E-state index in [9.17, 15) is 9.59 Å². The fourth-order valence-corrected chi connectivity index (χ4v) is 4.67. The summed E-state index contributed by atoms with van der Waals surface area (Å²) in [4.78, 5) is 32.3. The number of piperazine rings is 1. The van der Waals surface area contributed by atoms with E-state index < -0.39 is 0 Å². The lowest BCUT2D eigenvalue weighted by Crippen LogP contribution is -2.49. The number of hydrogen-bond donors (Lipinski definition) is 1. The predicted octanol–water partition coefficient (Wildman–Crippen LogP) is 2.51. The van der Waals surface area contributed by atoms with Crippen LogP contribution in [0.25, 0.3) is 0 Å². The largest absolute Gasteiger partial charge is 0.497 e. The van der Waals surface area contributed by atoms with Gasteiger partial charge in [-0.3, -0.25) is 14.7 Å². The lowest BCUT2D eigenvalue weighted by atomic mass is 10.0. The van der Waals surface area contributed by atoms with E-state index in [1.807, 2.05) is 52.3 Å². The molecule has 1 fully saturated rings. The van der Waals surface area contributed by atoms with Crippen molar-refractivity contribution in [2.45, 2.75) is 19.4 Å². The van der Waals surface area contributed by atoms with Crippen molar-refractivity contribution in [2.24, 2.45) is 0 Å². The van der Waals surface area contributed by atoms with Gasteiger partial charge in [-0.1, -0.05) is 30.3 Å². The molecule has 8 heteroatoms. The molecular formula is C26H29N5O3. The molecule has 3 aromatic rings. The standard InChI is InChI=1S/C26H29N5O3/c1-34-21-9-7-19(8-10-21)17-24(32)31-12-11-23-22(18-31)25(28-27-23)26(33)30-15-13-29(14-16-30)20-5-3-2-4-6-20/h2-10H,11-18H2,1H3,(H,27,28). The number of H-pyrrole nitrogens is 1. The molecule has 1 saturated heterocycles. The van der Waals surface area contributed by atoms with Gasteiger partial charge < -0.3 is 19.4 Å². The first-order valence-electron chi connectivity index (χ1n) is 11.7. The minimum absolute atomic E-state index is 0.0480. The van der Waals surface area contributed by atoms with Crippen LogP contribution >= 0.6 is 0 Å². The summed E-state index contributed by atoms with van der Waals surface area (Å²) in [7, 11) is 1.62. The molecule has 0 bridgehead atoms. The van der Waals surface area contributed by atoms with Crippen molar-refractivity contribution >= 4 is 17.5 Å². The summed E-state index contributed by atoms with van der Waals surface area (Å²) < 4.78 is 5.19. The van der Waals surface area contributed by atoms with Crippen LogP contribution in [-0.4, -0.2) is 71.6 Å². The minimum Gasteiger partial charge on any atom is -0.497 e. The zero-order valence-electron chi connectivity index (χ0n) is 19.4.